The molecule has 0 amide bonds. The van der Waals surface area contributed by atoms with Crippen LogP contribution in [-0.2, 0) is 0 Å². The van der Waals surface area contributed by atoms with E-state index >= 15 is 0 Å². The van der Waals surface area contributed by atoms with Crippen LogP contribution in [0, 0.1) is 13.8 Å². The van der Waals surface area contributed by atoms with Crippen LogP contribution in [0.15, 0.2) is 24.3 Å². The molecule has 3 nitrogen and oxygen atoms in total. The highest BCUT2D eigenvalue weighted by Crippen LogP contribution is 2.42. The molecule has 1 aromatic carbocycles. The molecule has 0 N–H and O–H groups in total. The number of hydrogen-bond acceptors (Lipinski definition) is 4. The average molecular weight is 372 g/mol. The fourth-order valence-electron chi connectivity index (χ4n) is 3.65. The van der Waals surface area contributed by atoms with E-state index in [2.05, 4.69) is 53.0 Å². The number of aromatic nitrogens is 2. The van der Waals surface area contributed by atoms with Gasteiger partial charge in [-0.05, 0) is 43.9 Å². The summed E-state index contributed by atoms with van der Waals surface area (Å²) < 4.78 is 0. The van der Waals surface area contributed by atoms with Crippen molar-refractivity contribution < 1.29 is 0 Å². The van der Waals surface area contributed by atoms with Gasteiger partial charge >= 0.3 is 0 Å². The molecule has 0 saturated carbocycles. The molecule has 3 heterocycles. The molecular weight excluding hydrogens is 350 g/mol. The van der Waals surface area contributed by atoms with Gasteiger partial charge in [0.1, 0.15) is 10.6 Å². The molecule has 1 saturated heterocycles. The minimum atomic E-state index is 0.350. The highest BCUT2D eigenvalue weighted by molar-refractivity contribution is 7.19. The van der Waals surface area contributed by atoms with Gasteiger partial charge in [0, 0.05) is 23.5 Å². The van der Waals surface area contributed by atoms with Crippen molar-refractivity contribution in [3.8, 4) is 11.1 Å². The van der Waals surface area contributed by atoms with Crippen LogP contribution in [0.25, 0.3) is 21.3 Å². The Balaban J connectivity index is 1.94. The lowest BCUT2D eigenvalue weighted by Crippen LogP contribution is -2.25. The zero-order valence-corrected chi connectivity index (χ0v) is 16.3. The predicted molar refractivity (Wildman–Crippen MR) is 108 cm³/mol. The number of rotatable bonds is 2. The molecule has 25 heavy (non-hydrogen) atoms. The van der Waals surface area contributed by atoms with Gasteiger partial charge in [-0.15, -0.1) is 11.3 Å². The summed E-state index contributed by atoms with van der Waals surface area (Å²) in [5, 5.41) is 1.51. The third kappa shape index (κ3) is 3.25. The Labute approximate surface area is 157 Å². The number of anilines is 1. The molecule has 3 aromatic rings. The SMILES string of the molecule is Cc1ccc(-c2c(C)sc3nc(Cl)nc(N4CCCCCC4)c23)cc1. The van der Waals surface area contributed by atoms with Crippen molar-refractivity contribution in [1.29, 1.82) is 0 Å². The highest BCUT2D eigenvalue weighted by Gasteiger charge is 2.22. The van der Waals surface area contributed by atoms with Crippen LogP contribution < -0.4 is 4.90 Å². The van der Waals surface area contributed by atoms with Gasteiger partial charge in [-0.25, -0.2) is 4.98 Å². The fraction of sp³-hybridized carbons (Fsp3) is 0.400. The maximum atomic E-state index is 6.27. The van der Waals surface area contributed by atoms with Crippen LogP contribution in [0.4, 0.5) is 5.82 Å². The summed E-state index contributed by atoms with van der Waals surface area (Å²) in [6.45, 7) is 6.38. The van der Waals surface area contributed by atoms with Crippen LogP contribution in [-0.4, -0.2) is 23.1 Å². The Kier molecular flexibility index (Phi) is 4.65. The number of aryl methyl sites for hydroxylation is 2. The first-order chi connectivity index (χ1) is 12.1. The quantitative estimate of drug-likeness (QED) is 0.516. The first kappa shape index (κ1) is 16.8. The molecule has 0 atom stereocenters. The van der Waals surface area contributed by atoms with Gasteiger partial charge in [0.25, 0.3) is 0 Å². The standard InChI is InChI=1S/C20H22ClN3S/c1-13-7-9-15(10-8-13)16-14(2)25-19-17(16)18(22-20(21)23-19)24-11-5-3-4-6-12-24/h7-10H,3-6,11-12H2,1-2H3. The number of halogens is 1. The van der Waals surface area contributed by atoms with E-state index in [1.165, 1.54) is 47.3 Å². The van der Waals surface area contributed by atoms with Crippen molar-refractivity contribution in [3.05, 3.63) is 40.0 Å². The van der Waals surface area contributed by atoms with Crippen molar-refractivity contribution >= 4 is 39.0 Å². The summed E-state index contributed by atoms with van der Waals surface area (Å²) in [6, 6.07) is 8.73. The minimum absolute atomic E-state index is 0.350. The zero-order valence-electron chi connectivity index (χ0n) is 14.7. The number of fused-ring (bicyclic) bond motifs is 1. The Morgan fingerprint density at radius 2 is 1.64 bits per heavy atom. The minimum Gasteiger partial charge on any atom is -0.356 e. The van der Waals surface area contributed by atoms with Crippen LogP contribution in [0.2, 0.25) is 5.28 Å². The van der Waals surface area contributed by atoms with Gasteiger partial charge in [0.05, 0.1) is 5.39 Å². The summed E-state index contributed by atoms with van der Waals surface area (Å²) >= 11 is 7.98. The molecule has 4 rings (SSSR count). The zero-order chi connectivity index (χ0) is 17.4. The third-order valence-corrected chi connectivity index (χ3v) is 6.10. The van der Waals surface area contributed by atoms with E-state index in [0.29, 0.717) is 5.28 Å². The molecule has 5 heteroatoms. The number of nitrogens with zero attached hydrogens (tertiary/aromatic N) is 3. The van der Waals surface area contributed by atoms with E-state index < -0.39 is 0 Å². The van der Waals surface area contributed by atoms with E-state index in [1.54, 1.807) is 11.3 Å². The normalized spacial score (nSPS) is 15.6. The molecule has 0 aliphatic carbocycles. The molecule has 2 aromatic heterocycles. The number of hydrogen-bond donors (Lipinski definition) is 0. The Morgan fingerprint density at radius 3 is 2.32 bits per heavy atom. The summed E-state index contributed by atoms with van der Waals surface area (Å²) in [5.41, 5.74) is 3.76. The van der Waals surface area contributed by atoms with E-state index in [0.717, 1.165) is 29.1 Å². The molecule has 0 radical (unpaired) electrons. The van der Waals surface area contributed by atoms with Crippen molar-refractivity contribution in [3.63, 3.8) is 0 Å². The van der Waals surface area contributed by atoms with Crippen molar-refractivity contribution in [2.24, 2.45) is 0 Å². The average Bonchev–Trinajstić information content (AvgIpc) is 2.77. The third-order valence-electron chi connectivity index (χ3n) is 4.93. The van der Waals surface area contributed by atoms with Gasteiger partial charge in [-0.2, -0.15) is 4.98 Å². The van der Waals surface area contributed by atoms with Gasteiger partial charge in [-0.3, -0.25) is 0 Å². The van der Waals surface area contributed by atoms with Crippen LogP contribution >= 0.6 is 22.9 Å². The smallest absolute Gasteiger partial charge is 0.225 e. The van der Waals surface area contributed by atoms with E-state index in [-0.39, 0.29) is 0 Å². The first-order valence-electron chi connectivity index (χ1n) is 8.92. The molecule has 0 unspecified atom stereocenters. The van der Waals surface area contributed by atoms with Gasteiger partial charge in [-0.1, -0.05) is 42.7 Å². The number of benzene rings is 1. The molecule has 0 spiro atoms. The van der Waals surface area contributed by atoms with E-state index in [1.807, 2.05) is 0 Å². The highest BCUT2D eigenvalue weighted by atomic mass is 35.5. The molecular formula is C20H22ClN3S. The summed E-state index contributed by atoms with van der Waals surface area (Å²) in [7, 11) is 0. The topological polar surface area (TPSA) is 29.0 Å². The lowest BCUT2D eigenvalue weighted by atomic mass is 10.0. The van der Waals surface area contributed by atoms with Crippen LogP contribution in [0.1, 0.15) is 36.1 Å². The Morgan fingerprint density at radius 1 is 0.960 bits per heavy atom. The summed E-state index contributed by atoms with van der Waals surface area (Å²) in [4.78, 5) is 13.9. The van der Waals surface area contributed by atoms with Crippen LogP contribution in [0.3, 0.4) is 0 Å². The summed E-state index contributed by atoms with van der Waals surface area (Å²) in [5.74, 6) is 1.01. The first-order valence-corrected chi connectivity index (χ1v) is 10.1. The van der Waals surface area contributed by atoms with Crippen molar-refractivity contribution in [2.75, 3.05) is 18.0 Å². The largest absolute Gasteiger partial charge is 0.356 e. The Bertz CT molecular complexity index is 893. The molecule has 1 aliphatic heterocycles. The fourth-order valence-corrected chi connectivity index (χ4v) is 4.90. The monoisotopic (exact) mass is 371 g/mol. The molecule has 0 bridgehead atoms. The second-order valence-electron chi connectivity index (χ2n) is 6.80. The molecule has 1 aliphatic rings. The Hall–Kier alpha value is -1.65. The van der Waals surface area contributed by atoms with Gasteiger partial charge in [0.2, 0.25) is 5.28 Å². The maximum absolute atomic E-state index is 6.27. The molecule has 1 fully saturated rings. The van der Waals surface area contributed by atoms with E-state index in [9.17, 15) is 0 Å². The van der Waals surface area contributed by atoms with Gasteiger partial charge < -0.3 is 4.90 Å². The second kappa shape index (κ2) is 6.93. The van der Waals surface area contributed by atoms with Gasteiger partial charge in [0.15, 0.2) is 0 Å². The lowest BCUT2D eigenvalue weighted by Gasteiger charge is -2.23. The maximum Gasteiger partial charge on any atom is 0.225 e. The molecule has 130 valence electrons. The number of thiophene rings is 1. The van der Waals surface area contributed by atoms with Crippen LogP contribution in [0.5, 0.6) is 0 Å². The van der Waals surface area contributed by atoms with E-state index in [4.69, 9.17) is 11.6 Å². The van der Waals surface area contributed by atoms with Crippen molar-refractivity contribution in [2.45, 2.75) is 39.5 Å². The van der Waals surface area contributed by atoms with Crippen molar-refractivity contribution in [1.82, 2.24) is 9.97 Å². The second-order valence-corrected chi connectivity index (χ2v) is 8.34. The lowest BCUT2D eigenvalue weighted by molar-refractivity contribution is 0.726. The predicted octanol–water partition coefficient (Wildman–Crippen LogP) is 6.01. The summed E-state index contributed by atoms with van der Waals surface area (Å²) in [6.07, 6.45) is 5.02.